The molecule has 0 unspecified atom stereocenters. The summed E-state index contributed by atoms with van der Waals surface area (Å²) >= 11 is 6.29. The molecule has 0 aliphatic heterocycles. The maximum atomic E-state index is 15.0. The number of benzene rings is 2. The molecule has 0 aliphatic carbocycles. The molecule has 2 heterocycles. The number of nitrogens with zero attached hydrogens (tertiary/aromatic N) is 5. The van der Waals surface area contributed by atoms with Crippen molar-refractivity contribution in [2.75, 3.05) is 18.4 Å². The predicted molar refractivity (Wildman–Crippen MR) is 124 cm³/mol. The van der Waals surface area contributed by atoms with Crippen LogP contribution in [0.15, 0.2) is 64.6 Å². The molecule has 0 fully saturated rings. The lowest BCUT2D eigenvalue weighted by Crippen LogP contribution is -2.24. The van der Waals surface area contributed by atoms with E-state index in [1.807, 2.05) is 6.07 Å². The molecular weight excluding hydrogens is 447 g/mol. The molecular formula is C23H16ClFN6O2. The fraction of sp³-hybridized carbons (Fsp3) is 0.130. The van der Waals surface area contributed by atoms with Gasteiger partial charge in [0.25, 0.3) is 5.56 Å². The topological polar surface area (TPSA) is 113 Å². The van der Waals surface area contributed by atoms with Crippen molar-refractivity contribution in [1.82, 2.24) is 14.8 Å². The summed E-state index contributed by atoms with van der Waals surface area (Å²) in [5, 5.41) is 19.9. The molecule has 0 saturated carbocycles. The Morgan fingerprint density at radius 3 is 2.58 bits per heavy atom. The van der Waals surface area contributed by atoms with Gasteiger partial charge in [-0.05, 0) is 29.8 Å². The zero-order valence-electron chi connectivity index (χ0n) is 17.1. The first-order valence-electron chi connectivity index (χ1n) is 9.90. The highest BCUT2D eigenvalue weighted by atomic mass is 35.5. The van der Waals surface area contributed by atoms with Gasteiger partial charge in [-0.1, -0.05) is 47.1 Å². The molecule has 8 nitrogen and oxygen atoms in total. The van der Waals surface area contributed by atoms with E-state index in [-0.39, 0.29) is 47.3 Å². The third kappa shape index (κ3) is 4.56. The van der Waals surface area contributed by atoms with Gasteiger partial charge in [0.2, 0.25) is 5.95 Å². The van der Waals surface area contributed by atoms with Gasteiger partial charge >= 0.3 is 0 Å². The van der Waals surface area contributed by atoms with Gasteiger partial charge in [-0.2, -0.15) is 19.7 Å². The molecule has 0 amide bonds. The number of aromatic nitrogens is 3. The van der Waals surface area contributed by atoms with E-state index in [2.05, 4.69) is 20.6 Å². The minimum atomic E-state index is -0.831. The molecule has 4 aromatic rings. The van der Waals surface area contributed by atoms with Crippen LogP contribution in [-0.2, 0) is 6.54 Å². The van der Waals surface area contributed by atoms with Crippen molar-refractivity contribution in [2.45, 2.75) is 6.54 Å². The van der Waals surface area contributed by atoms with Gasteiger partial charge in [0.1, 0.15) is 11.5 Å². The Kier molecular flexibility index (Phi) is 6.38. The lowest BCUT2D eigenvalue weighted by Gasteiger charge is -2.13. The van der Waals surface area contributed by atoms with Crippen LogP contribution >= 0.6 is 11.6 Å². The van der Waals surface area contributed by atoms with E-state index in [1.165, 1.54) is 10.7 Å². The highest BCUT2D eigenvalue weighted by molar-refractivity contribution is 6.33. The molecule has 0 aliphatic rings. The molecule has 0 spiro atoms. The van der Waals surface area contributed by atoms with Gasteiger partial charge in [-0.25, -0.2) is 9.67 Å². The van der Waals surface area contributed by atoms with Crippen molar-refractivity contribution < 1.29 is 4.39 Å². The van der Waals surface area contributed by atoms with E-state index in [4.69, 9.17) is 16.9 Å². The molecule has 33 heavy (non-hydrogen) atoms. The van der Waals surface area contributed by atoms with Gasteiger partial charge in [0.05, 0.1) is 40.7 Å². The summed E-state index contributed by atoms with van der Waals surface area (Å²) in [5.74, 6) is -0.751. The van der Waals surface area contributed by atoms with Crippen LogP contribution < -0.4 is 10.9 Å². The SMILES string of the molecule is N#Cc1ccc(Cn2nc(-c3cc(Cl)c(NCCN=O)nc3F)c3ccccc3c2=O)cc1. The van der Waals surface area contributed by atoms with E-state index in [0.29, 0.717) is 16.3 Å². The number of anilines is 1. The molecule has 4 rings (SSSR count). The largest absolute Gasteiger partial charge is 0.367 e. The Balaban J connectivity index is 1.83. The normalized spacial score (nSPS) is 10.7. The van der Waals surface area contributed by atoms with Crippen LogP contribution in [0.1, 0.15) is 11.1 Å². The number of halogens is 2. The van der Waals surface area contributed by atoms with E-state index >= 15 is 4.39 Å². The first-order chi connectivity index (χ1) is 16.0. The van der Waals surface area contributed by atoms with Crippen LogP contribution in [0.25, 0.3) is 22.0 Å². The second-order valence-electron chi connectivity index (χ2n) is 7.10. The van der Waals surface area contributed by atoms with E-state index < -0.39 is 5.95 Å². The van der Waals surface area contributed by atoms with Crippen LogP contribution in [0.3, 0.4) is 0 Å². The standard InChI is InChI=1S/C23H16ClFN6O2/c24-19-11-18(21(25)29-22(19)27-9-10-28-33)20-16-3-1-2-4-17(16)23(32)31(30-20)13-15-7-5-14(12-26)6-8-15/h1-8,11H,9-10,13H2,(H,27,29). The van der Waals surface area contributed by atoms with Gasteiger partial charge in [0, 0.05) is 11.9 Å². The number of rotatable bonds is 7. The number of nitriles is 1. The smallest absolute Gasteiger partial charge is 0.274 e. The van der Waals surface area contributed by atoms with Crippen LogP contribution in [0.4, 0.5) is 10.2 Å². The van der Waals surface area contributed by atoms with Gasteiger partial charge in [0.15, 0.2) is 0 Å². The minimum Gasteiger partial charge on any atom is -0.367 e. The average Bonchev–Trinajstić information content (AvgIpc) is 2.83. The first kappa shape index (κ1) is 22.0. The average molecular weight is 463 g/mol. The lowest BCUT2D eigenvalue weighted by molar-refractivity contribution is 0.585. The fourth-order valence-corrected chi connectivity index (χ4v) is 3.59. The summed E-state index contributed by atoms with van der Waals surface area (Å²) in [6.45, 7) is 0.267. The highest BCUT2D eigenvalue weighted by Gasteiger charge is 2.18. The highest BCUT2D eigenvalue weighted by Crippen LogP contribution is 2.31. The molecule has 0 bridgehead atoms. The maximum Gasteiger partial charge on any atom is 0.274 e. The molecule has 164 valence electrons. The maximum absolute atomic E-state index is 15.0. The van der Waals surface area contributed by atoms with Crippen LogP contribution in [0.5, 0.6) is 0 Å². The Hall–Kier alpha value is -4.16. The molecule has 0 saturated heterocycles. The molecule has 10 heteroatoms. The lowest BCUT2D eigenvalue weighted by atomic mass is 10.1. The van der Waals surface area contributed by atoms with Crippen molar-refractivity contribution in [3.05, 3.63) is 92.0 Å². The second kappa shape index (κ2) is 9.54. The van der Waals surface area contributed by atoms with Crippen molar-refractivity contribution in [2.24, 2.45) is 5.18 Å². The van der Waals surface area contributed by atoms with Crippen LogP contribution in [0, 0.1) is 22.2 Å². The summed E-state index contributed by atoms with van der Waals surface area (Å²) in [6, 6.07) is 17.0. The number of fused-ring (bicyclic) bond motifs is 1. The summed E-state index contributed by atoms with van der Waals surface area (Å²) in [7, 11) is 0. The number of nitrogens with one attached hydrogen (secondary N) is 1. The first-order valence-corrected chi connectivity index (χ1v) is 10.3. The van der Waals surface area contributed by atoms with Crippen molar-refractivity contribution >= 4 is 28.2 Å². The van der Waals surface area contributed by atoms with Crippen molar-refractivity contribution in [3.8, 4) is 17.3 Å². The fourth-order valence-electron chi connectivity index (χ4n) is 3.38. The van der Waals surface area contributed by atoms with Crippen molar-refractivity contribution in [3.63, 3.8) is 0 Å². The number of hydrogen-bond acceptors (Lipinski definition) is 7. The monoisotopic (exact) mass is 462 g/mol. The number of nitroso groups, excluding NO2 is 1. The predicted octanol–water partition coefficient (Wildman–Crippen LogP) is 4.35. The van der Waals surface area contributed by atoms with Gasteiger partial charge in [-0.15, -0.1) is 0 Å². The summed E-state index contributed by atoms with van der Waals surface area (Å²) in [4.78, 5) is 27.2. The van der Waals surface area contributed by atoms with Gasteiger partial charge in [-0.3, -0.25) is 4.79 Å². The Morgan fingerprint density at radius 2 is 1.88 bits per heavy atom. The summed E-state index contributed by atoms with van der Waals surface area (Å²) < 4.78 is 16.3. The van der Waals surface area contributed by atoms with Crippen LogP contribution in [0.2, 0.25) is 5.02 Å². The zero-order chi connectivity index (χ0) is 23.4. The van der Waals surface area contributed by atoms with E-state index in [1.54, 1.807) is 48.5 Å². The van der Waals surface area contributed by atoms with E-state index in [9.17, 15) is 9.70 Å². The third-order valence-corrected chi connectivity index (χ3v) is 5.25. The Morgan fingerprint density at radius 1 is 1.15 bits per heavy atom. The molecule has 1 N–H and O–H groups in total. The minimum absolute atomic E-state index is 0.0200. The zero-order valence-corrected chi connectivity index (χ0v) is 17.9. The number of hydrogen-bond donors (Lipinski definition) is 1. The molecule has 2 aromatic heterocycles. The Bertz CT molecular complexity index is 1450. The van der Waals surface area contributed by atoms with Crippen LogP contribution in [-0.4, -0.2) is 27.9 Å². The quantitative estimate of drug-likeness (QED) is 0.248. The van der Waals surface area contributed by atoms with Gasteiger partial charge < -0.3 is 5.32 Å². The summed E-state index contributed by atoms with van der Waals surface area (Å²) in [5.41, 5.74) is 1.16. The molecule has 0 atom stereocenters. The Labute approximate surface area is 192 Å². The second-order valence-corrected chi connectivity index (χ2v) is 7.51. The summed E-state index contributed by atoms with van der Waals surface area (Å²) in [6.07, 6.45) is 0. The van der Waals surface area contributed by atoms with Crippen molar-refractivity contribution in [1.29, 1.82) is 5.26 Å². The third-order valence-electron chi connectivity index (χ3n) is 4.96. The van der Waals surface area contributed by atoms with E-state index in [0.717, 1.165) is 5.56 Å². The molecule has 2 aromatic carbocycles. The number of pyridine rings is 1. The molecule has 0 radical (unpaired) electrons.